The Morgan fingerprint density at radius 3 is 1.80 bits per heavy atom. The van der Waals surface area contributed by atoms with Crippen LogP contribution in [0.3, 0.4) is 0 Å². The molecule has 0 amide bonds. The zero-order chi connectivity index (χ0) is 7.72. The van der Waals surface area contributed by atoms with Gasteiger partial charge in [-0.3, -0.25) is 0 Å². The number of rotatable bonds is 0. The van der Waals surface area contributed by atoms with E-state index in [1.54, 1.807) is 0 Å². The number of aryl methyl sites for hydroxylation is 2. The van der Waals surface area contributed by atoms with E-state index in [1.165, 1.54) is 0 Å². The van der Waals surface area contributed by atoms with Gasteiger partial charge in [0.05, 0.1) is 0 Å². The third-order valence-corrected chi connectivity index (χ3v) is 5.81. The molecule has 5 heteroatoms. The Morgan fingerprint density at radius 1 is 1.20 bits per heavy atom. The first-order valence-corrected chi connectivity index (χ1v) is 10.2. The van der Waals surface area contributed by atoms with Crippen molar-refractivity contribution in [3.8, 4) is 0 Å². The van der Waals surface area contributed by atoms with Crippen molar-refractivity contribution in [3.05, 3.63) is 16.4 Å². The Morgan fingerprint density at radius 2 is 1.60 bits per heavy atom. The summed E-state index contributed by atoms with van der Waals surface area (Å²) in [5.74, 6) is 0. The number of hydrogen-bond acceptors (Lipinski definition) is 0. The van der Waals surface area contributed by atoms with E-state index in [0.717, 1.165) is 3.97 Å². The first-order chi connectivity index (χ1) is 4.63. The van der Waals surface area contributed by atoms with E-state index in [2.05, 4.69) is 0 Å². The fraction of sp³-hybridized carbons (Fsp3) is 0.400. The van der Waals surface area contributed by atoms with Gasteiger partial charge in [0.25, 0.3) is 0 Å². The van der Waals surface area contributed by atoms with Gasteiger partial charge in [-0.1, -0.05) is 0 Å². The summed E-state index contributed by atoms with van der Waals surface area (Å²) in [7, 11) is 15.6. The van der Waals surface area contributed by atoms with Crippen LogP contribution >= 0.6 is 19.3 Å². The first kappa shape index (κ1) is 8.52. The molecule has 1 heterocycles. The van der Waals surface area contributed by atoms with Crippen LogP contribution in [0.1, 0.15) is 0 Å². The molecule has 0 aliphatic rings. The molecule has 0 atom stereocenters. The second-order valence-electron chi connectivity index (χ2n) is 1.96. The van der Waals surface area contributed by atoms with Gasteiger partial charge in [-0.25, -0.2) is 0 Å². The molecule has 0 unspecified atom stereocenters. The molecule has 0 spiro atoms. The fourth-order valence-corrected chi connectivity index (χ4v) is 5.58. The minimum absolute atomic E-state index is 1.07. The van der Waals surface area contributed by atoms with Crippen molar-refractivity contribution in [2.45, 2.75) is 0 Å². The Balaban J connectivity index is 3.53. The van der Waals surface area contributed by atoms with E-state index >= 15 is 0 Å². The van der Waals surface area contributed by atoms with Crippen LogP contribution in [0.2, 0.25) is 0 Å². The third-order valence-electron chi connectivity index (χ3n) is 1.20. The maximum atomic E-state index is 5.85. The summed E-state index contributed by atoms with van der Waals surface area (Å²) >= 11 is -2.02. The van der Waals surface area contributed by atoms with E-state index in [4.69, 9.17) is 19.3 Å². The van der Waals surface area contributed by atoms with Crippen molar-refractivity contribution < 1.29 is 13.8 Å². The summed E-state index contributed by atoms with van der Waals surface area (Å²) in [5, 5.41) is 0. The Bertz CT molecular complexity index is 272. The van der Waals surface area contributed by atoms with Crippen molar-refractivity contribution in [1.82, 2.24) is 9.13 Å². The van der Waals surface area contributed by atoms with Gasteiger partial charge in [-0.2, -0.15) is 0 Å². The van der Waals surface area contributed by atoms with Crippen molar-refractivity contribution in [2.24, 2.45) is 14.1 Å². The molecule has 1 aromatic rings. The van der Waals surface area contributed by atoms with Crippen LogP contribution in [0, 0.1) is 3.97 Å². The van der Waals surface area contributed by atoms with Gasteiger partial charge in [0.1, 0.15) is 0 Å². The Kier molecular flexibility index (Phi) is 2.74. The Hall–Kier alpha value is 0.426. The number of nitrogens with zero attached hydrogens (tertiary/aromatic N) is 2. The summed E-state index contributed by atoms with van der Waals surface area (Å²) in [6, 6.07) is 0. The predicted octanol–water partition coefficient (Wildman–Crippen LogP) is 1.82. The van der Waals surface area contributed by atoms with Crippen LogP contribution in [0.15, 0.2) is 12.4 Å². The molecule has 1 rings (SSSR count). The molecule has 0 bridgehead atoms. The van der Waals surface area contributed by atoms with Crippen LogP contribution in [0.4, 0.5) is 0 Å². The monoisotopic (exact) mass is 358 g/mol. The molecule has 1 aromatic heterocycles. The van der Waals surface area contributed by atoms with E-state index in [0.29, 0.717) is 0 Å². The number of aromatic nitrogens is 2. The molecule has 0 aromatic carbocycles. The van der Waals surface area contributed by atoms with E-state index in [9.17, 15) is 0 Å². The van der Waals surface area contributed by atoms with E-state index in [1.807, 2.05) is 35.6 Å². The maximum absolute atomic E-state index is 5.85. The van der Waals surface area contributed by atoms with E-state index in [-0.39, 0.29) is 0 Å². The Labute approximate surface area is 72.6 Å². The van der Waals surface area contributed by atoms with Crippen molar-refractivity contribution >= 4 is 19.3 Å². The fourth-order valence-electron chi connectivity index (χ4n) is 0.757. The van der Waals surface area contributed by atoms with Crippen LogP contribution in [0.25, 0.3) is 0 Å². The zero-order valence-corrected chi connectivity index (χ0v) is 9.71. The standard InChI is InChI=1S/C5H8N2.2ClH.Os/c1-6-3-4-7(2)5-6;;;/h3-4H,1-2H3;2*1H;/q;;;+2/p-2. The predicted molar refractivity (Wildman–Crippen MR) is 39.3 cm³/mol. The average Bonchev–Trinajstić information content (AvgIpc) is 2.11. The minimum atomic E-state index is -2.02. The van der Waals surface area contributed by atoms with Crippen molar-refractivity contribution in [2.75, 3.05) is 0 Å². The van der Waals surface area contributed by atoms with Gasteiger partial charge >= 0.3 is 72.6 Å². The van der Waals surface area contributed by atoms with E-state index < -0.39 is 13.8 Å². The number of imidazole rings is 1. The van der Waals surface area contributed by atoms with Gasteiger partial charge in [0, 0.05) is 0 Å². The zero-order valence-electron chi connectivity index (χ0n) is 5.66. The SMILES string of the molecule is Cn1ccn(C)[c]1=[Os]([Cl])[Cl]. The molecule has 0 radical (unpaired) electrons. The van der Waals surface area contributed by atoms with Gasteiger partial charge in [-0.05, 0) is 0 Å². The van der Waals surface area contributed by atoms with Crippen LogP contribution in [0.5, 0.6) is 0 Å². The van der Waals surface area contributed by atoms with Gasteiger partial charge < -0.3 is 0 Å². The molecule has 0 aliphatic heterocycles. The normalized spacial score (nSPS) is 11.8. The number of hydrogen-bond donors (Lipinski definition) is 0. The van der Waals surface area contributed by atoms with Crippen molar-refractivity contribution in [3.63, 3.8) is 0 Å². The molecule has 2 nitrogen and oxygen atoms in total. The van der Waals surface area contributed by atoms with Crippen molar-refractivity contribution in [1.29, 1.82) is 0 Å². The molecule has 0 saturated carbocycles. The molecule has 0 saturated heterocycles. The molecular formula is C5H8Cl2N2Os. The molecule has 0 fully saturated rings. The molecule has 0 N–H and O–H groups in total. The first-order valence-electron chi connectivity index (χ1n) is 2.64. The molecular weight excluding hydrogens is 349 g/mol. The van der Waals surface area contributed by atoms with Crippen LogP contribution in [-0.2, 0) is 27.9 Å². The van der Waals surface area contributed by atoms with Crippen LogP contribution in [-0.4, -0.2) is 9.13 Å². The van der Waals surface area contributed by atoms with Gasteiger partial charge in [0.15, 0.2) is 0 Å². The quantitative estimate of drug-likeness (QED) is 0.671. The second-order valence-corrected chi connectivity index (χ2v) is 9.92. The number of halogens is 2. The molecule has 0 aliphatic carbocycles. The topological polar surface area (TPSA) is 9.86 Å². The molecule has 10 heavy (non-hydrogen) atoms. The summed E-state index contributed by atoms with van der Waals surface area (Å²) in [5.41, 5.74) is 0. The van der Waals surface area contributed by atoms with Crippen LogP contribution < -0.4 is 0 Å². The third kappa shape index (κ3) is 1.53. The second kappa shape index (κ2) is 3.22. The summed E-state index contributed by atoms with van der Waals surface area (Å²) in [6.07, 6.45) is 3.91. The summed E-state index contributed by atoms with van der Waals surface area (Å²) < 4.78 is 5.01. The summed E-state index contributed by atoms with van der Waals surface area (Å²) in [6.45, 7) is 0. The van der Waals surface area contributed by atoms with Gasteiger partial charge in [0.2, 0.25) is 0 Å². The van der Waals surface area contributed by atoms with Gasteiger partial charge in [-0.15, -0.1) is 0 Å². The average molecular weight is 357 g/mol. The molecule has 60 valence electrons. The summed E-state index contributed by atoms with van der Waals surface area (Å²) in [4.78, 5) is 0.